The van der Waals surface area contributed by atoms with Gasteiger partial charge in [-0.2, -0.15) is 0 Å². The molecule has 0 aliphatic heterocycles. The molecule has 36 heavy (non-hydrogen) atoms. The fourth-order valence-electron chi connectivity index (χ4n) is 5.21. The summed E-state index contributed by atoms with van der Waals surface area (Å²) in [6.45, 7) is 0.567. The predicted molar refractivity (Wildman–Crippen MR) is 138 cm³/mol. The lowest BCUT2D eigenvalue weighted by Crippen LogP contribution is -2.22. The number of aliphatic imine (C=N–C) groups is 1. The number of aliphatic hydroxyl groups excluding tert-OH is 1. The number of allylic oxidation sites excluding steroid dienone is 2. The Kier molecular flexibility index (Phi) is 7.21. The van der Waals surface area contributed by atoms with Crippen molar-refractivity contribution in [2.24, 2.45) is 4.99 Å². The summed E-state index contributed by atoms with van der Waals surface area (Å²) >= 11 is 0. The van der Waals surface area contributed by atoms with E-state index in [-0.39, 0.29) is 29.7 Å². The Hall–Kier alpha value is -3.80. The molecule has 1 heterocycles. The Morgan fingerprint density at radius 1 is 0.944 bits per heavy atom. The first-order valence-electron chi connectivity index (χ1n) is 12.7. The van der Waals surface area contributed by atoms with Gasteiger partial charge in [-0.3, -0.25) is 14.6 Å². The van der Waals surface area contributed by atoms with Crippen LogP contribution in [0.5, 0.6) is 0 Å². The van der Waals surface area contributed by atoms with E-state index in [4.69, 9.17) is 4.52 Å². The first-order chi connectivity index (χ1) is 17.6. The monoisotopic (exact) mass is 482 g/mol. The minimum absolute atomic E-state index is 0.0189. The summed E-state index contributed by atoms with van der Waals surface area (Å²) in [4.78, 5) is 30.4. The van der Waals surface area contributed by atoms with Gasteiger partial charge in [0.25, 0.3) is 0 Å². The van der Waals surface area contributed by atoms with Crippen molar-refractivity contribution in [3.05, 3.63) is 100 Å². The van der Waals surface area contributed by atoms with Crippen LogP contribution in [0.15, 0.2) is 81.5 Å². The fraction of sp³-hybridized carbons (Fsp3) is 0.333. The number of fused-ring (bicyclic) bond motifs is 1. The number of aliphatic hydroxyl groups is 1. The second-order valence-corrected chi connectivity index (χ2v) is 9.53. The van der Waals surface area contributed by atoms with Gasteiger partial charge in [0.05, 0.1) is 16.8 Å². The van der Waals surface area contributed by atoms with Crippen molar-refractivity contribution in [3.8, 4) is 0 Å². The molecule has 0 radical (unpaired) electrons. The van der Waals surface area contributed by atoms with Gasteiger partial charge in [-0.25, -0.2) is 0 Å². The van der Waals surface area contributed by atoms with E-state index < -0.39 is 0 Å². The minimum atomic E-state index is -0.0684. The maximum absolute atomic E-state index is 13.0. The zero-order chi connectivity index (χ0) is 24.9. The maximum atomic E-state index is 13.0. The molecule has 1 atom stereocenters. The molecule has 1 fully saturated rings. The first-order valence-corrected chi connectivity index (χ1v) is 12.7. The Morgan fingerprint density at radius 3 is 2.47 bits per heavy atom. The molecular weight excluding hydrogens is 452 g/mol. The van der Waals surface area contributed by atoms with Crippen molar-refractivity contribution in [2.45, 2.75) is 57.3 Å². The lowest BCUT2D eigenvalue weighted by atomic mass is 9.81. The van der Waals surface area contributed by atoms with Crippen molar-refractivity contribution < 1.29 is 19.2 Å². The number of aryl methyl sites for hydroxylation is 1. The van der Waals surface area contributed by atoms with Crippen LogP contribution in [0, 0.1) is 0 Å². The van der Waals surface area contributed by atoms with Crippen LogP contribution >= 0.6 is 0 Å². The third-order valence-corrected chi connectivity index (χ3v) is 7.06. The third-order valence-electron chi connectivity index (χ3n) is 7.06. The molecule has 6 heteroatoms. The van der Waals surface area contributed by atoms with Crippen molar-refractivity contribution in [1.82, 2.24) is 5.16 Å². The average molecular weight is 483 g/mol. The normalized spacial score (nSPS) is 20.4. The van der Waals surface area contributed by atoms with E-state index in [0.29, 0.717) is 67.0 Å². The van der Waals surface area contributed by atoms with Crippen molar-refractivity contribution in [1.29, 1.82) is 0 Å². The highest BCUT2D eigenvalue weighted by molar-refractivity contribution is 6.24. The number of hydrogen-bond acceptors (Lipinski definition) is 6. The van der Waals surface area contributed by atoms with Crippen molar-refractivity contribution in [3.63, 3.8) is 0 Å². The van der Waals surface area contributed by atoms with E-state index in [1.165, 1.54) is 5.56 Å². The summed E-state index contributed by atoms with van der Waals surface area (Å²) in [6.07, 6.45) is 4.20. The maximum Gasteiger partial charge on any atom is 0.168 e. The van der Waals surface area contributed by atoms with Gasteiger partial charge >= 0.3 is 0 Å². The number of carbonyl (C=O) groups excluding carboxylic acids is 2. The van der Waals surface area contributed by atoms with Gasteiger partial charge in [0.2, 0.25) is 0 Å². The van der Waals surface area contributed by atoms with E-state index >= 15 is 0 Å². The Balaban J connectivity index is 1.29. The topological polar surface area (TPSA) is 92.8 Å². The molecule has 0 bridgehead atoms. The molecule has 2 aliphatic carbocycles. The van der Waals surface area contributed by atoms with Gasteiger partial charge in [0, 0.05) is 44.4 Å². The molecule has 6 nitrogen and oxygen atoms in total. The van der Waals surface area contributed by atoms with Crippen LogP contribution in [0.4, 0.5) is 0 Å². The molecule has 1 N–H and O–H groups in total. The van der Waals surface area contributed by atoms with Gasteiger partial charge in [-0.05, 0) is 36.3 Å². The number of nitrogens with zero attached hydrogens (tertiary/aromatic N) is 2. The van der Waals surface area contributed by atoms with Gasteiger partial charge in [-0.15, -0.1) is 0 Å². The van der Waals surface area contributed by atoms with Crippen LogP contribution in [-0.2, 0) is 24.1 Å². The van der Waals surface area contributed by atoms with Crippen LogP contribution in [-0.4, -0.2) is 34.1 Å². The van der Waals surface area contributed by atoms with Crippen LogP contribution < -0.4 is 0 Å². The number of hydrogen-bond donors (Lipinski definition) is 1. The zero-order valence-electron chi connectivity index (χ0n) is 20.3. The molecule has 1 unspecified atom stereocenters. The molecule has 2 aliphatic rings. The Labute approximate surface area is 210 Å². The number of ketones is 2. The van der Waals surface area contributed by atoms with E-state index in [1.54, 1.807) is 0 Å². The van der Waals surface area contributed by atoms with Crippen LogP contribution in [0.3, 0.4) is 0 Å². The molecule has 1 saturated carbocycles. The summed E-state index contributed by atoms with van der Waals surface area (Å²) in [6, 6.07) is 20.1. The number of benzene rings is 2. The fourth-order valence-corrected chi connectivity index (χ4v) is 5.21. The van der Waals surface area contributed by atoms with Crippen LogP contribution in [0.2, 0.25) is 0 Å². The van der Waals surface area contributed by atoms with Crippen molar-refractivity contribution in [2.75, 3.05) is 6.54 Å². The van der Waals surface area contributed by atoms with E-state index in [2.05, 4.69) is 22.3 Å². The van der Waals surface area contributed by atoms with Crippen LogP contribution in [0.25, 0.3) is 0 Å². The number of carbonyl (C=O) groups is 2. The third kappa shape index (κ3) is 5.23. The summed E-state index contributed by atoms with van der Waals surface area (Å²) in [5.74, 6) is 0.670. The quantitative estimate of drug-likeness (QED) is 0.341. The molecule has 2 aromatic carbocycles. The number of aromatic nitrogens is 1. The predicted octanol–water partition coefficient (Wildman–Crippen LogP) is 5.77. The number of Topliss-reactive ketones (excluding diaryl/α,β-unsaturated/α-hetero) is 2. The molecule has 1 aromatic heterocycles. The van der Waals surface area contributed by atoms with E-state index in [1.807, 2.05) is 48.5 Å². The standard InChI is InChI=1S/C30H30N2O4/c33-25-13-7-12-23(31-17-16-20-8-3-1-4-9-20)29(25)26(34)15-14-24-30-27(35)18-22(19-28(30)36-32-24)21-10-5-2-6-11-21/h1-6,8-11,22,34H,7,12-19H2/b29-26-,31-23?. The molecule has 3 aromatic rings. The van der Waals surface area contributed by atoms with Crippen LogP contribution in [0.1, 0.15) is 71.0 Å². The van der Waals surface area contributed by atoms with E-state index in [0.717, 1.165) is 18.4 Å². The summed E-state index contributed by atoms with van der Waals surface area (Å²) < 4.78 is 5.57. The Bertz CT molecular complexity index is 1310. The summed E-state index contributed by atoms with van der Waals surface area (Å²) in [5.41, 5.74) is 4.44. The highest BCUT2D eigenvalue weighted by atomic mass is 16.5. The number of rotatable bonds is 7. The smallest absolute Gasteiger partial charge is 0.168 e. The molecule has 184 valence electrons. The summed E-state index contributed by atoms with van der Waals surface area (Å²) in [5, 5.41) is 15.1. The largest absolute Gasteiger partial charge is 0.511 e. The van der Waals surface area contributed by atoms with Gasteiger partial charge in [0.15, 0.2) is 11.6 Å². The highest BCUT2D eigenvalue weighted by Gasteiger charge is 2.33. The average Bonchev–Trinajstić information content (AvgIpc) is 3.32. The molecule has 0 spiro atoms. The second-order valence-electron chi connectivity index (χ2n) is 9.53. The molecular formula is C30H30N2O4. The van der Waals surface area contributed by atoms with Gasteiger partial charge < -0.3 is 9.63 Å². The lowest BCUT2D eigenvalue weighted by molar-refractivity contribution is -0.115. The zero-order valence-corrected chi connectivity index (χ0v) is 20.3. The van der Waals surface area contributed by atoms with Gasteiger partial charge in [-0.1, -0.05) is 65.8 Å². The second kappa shape index (κ2) is 10.9. The van der Waals surface area contributed by atoms with E-state index in [9.17, 15) is 14.7 Å². The summed E-state index contributed by atoms with van der Waals surface area (Å²) in [7, 11) is 0. The SMILES string of the molecule is O=C1CCCC(=NCCc2ccccc2)/C1=C(/O)CCc1noc2c1C(=O)CC(c1ccccc1)C2. The first kappa shape index (κ1) is 23.9. The molecule has 0 saturated heterocycles. The molecule has 0 amide bonds. The van der Waals surface area contributed by atoms with Crippen molar-refractivity contribution >= 4 is 17.3 Å². The highest BCUT2D eigenvalue weighted by Crippen LogP contribution is 2.35. The molecule has 5 rings (SSSR count). The Morgan fingerprint density at radius 2 is 1.69 bits per heavy atom. The minimum Gasteiger partial charge on any atom is -0.511 e. The van der Waals surface area contributed by atoms with Gasteiger partial charge in [0.1, 0.15) is 11.5 Å². The lowest BCUT2D eigenvalue weighted by Gasteiger charge is -2.20.